The molecule has 0 aromatic heterocycles. The highest BCUT2D eigenvalue weighted by atomic mass is 16.5. The minimum atomic E-state index is 0.154. The van der Waals surface area contributed by atoms with Crippen LogP contribution in [0.2, 0.25) is 0 Å². The first-order chi connectivity index (χ1) is 10.3. The van der Waals surface area contributed by atoms with Gasteiger partial charge in [-0.2, -0.15) is 0 Å². The lowest BCUT2D eigenvalue weighted by atomic mass is 10.1. The Kier molecular flexibility index (Phi) is 4.25. The zero-order valence-electron chi connectivity index (χ0n) is 12.3. The summed E-state index contributed by atoms with van der Waals surface area (Å²) in [4.78, 5) is 14.9. The van der Waals surface area contributed by atoms with Gasteiger partial charge in [-0.1, -0.05) is 12.7 Å². The summed E-state index contributed by atoms with van der Waals surface area (Å²) in [7, 11) is 0. The molecule has 3 rings (SSSR count). The van der Waals surface area contributed by atoms with Crippen molar-refractivity contribution in [2.45, 2.75) is 31.3 Å². The van der Waals surface area contributed by atoms with Gasteiger partial charge in [0.15, 0.2) is 0 Å². The highest BCUT2D eigenvalue weighted by Gasteiger charge is 2.38. The summed E-state index contributed by atoms with van der Waals surface area (Å²) >= 11 is 0. The molecule has 2 bridgehead atoms. The predicted octanol–water partition coefficient (Wildman–Crippen LogP) is 2.22. The van der Waals surface area contributed by atoms with Crippen LogP contribution in [-0.2, 0) is 0 Å². The van der Waals surface area contributed by atoms with E-state index in [4.69, 9.17) is 4.74 Å². The van der Waals surface area contributed by atoms with Crippen LogP contribution in [0.3, 0.4) is 0 Å². The van der Waals surface area contributed by atoms with Crippen molar-refractivity contribution in [3.8, 4) is 5.75 Å². The zero-order valence-corrected chi connectivity index (χ0v) is 12.3. The number of carbonyl (C=O) groups excluding carboxylic acids is 1. The van der Waals surface area contributed by atoms with Gasteiger partial charge in [-0.05, 0) is 50.1 Å². The fourth-order valence-corrected chi connectivity index (χ4v) is 3.31. The van der Waals surface area contributed by atoms with Crippen LogP contribution < -0.4 is 10.1 Å². The Morgan fingerprint density at radius 2 is 2.05 bits per heavy atom. The fraction of sp³-hybridized carbons (Fsp3) is 0.471. The predicted molar refractivity (Wildman–Crippen MR) is 82.6 cm³/mol. The smallest absolute Gasteiger partial charge is 0.254 e. The summed E-state index contributed by atoms with van der Waals surface area (Å²) in [5, 5.41) is 3.42. The molecule has 1 aromatic carbocycles. The van der Waals surface area contributed by atoms with Gasteiger partial charge in [-0.15, -0.1) is 0 Å². The topological polar surface area (TPSA) is 41.6 Å². The Morgan fingerprint density at radius 3 is 2.81 bits per heavy atom. The lowest BCUT2D eigenvalue weighted by Gasteiger charge is -2.28. The van der Waals surface area contributed by atoms with E-state index in [0.29, 0.717) is 18.7 Å². The van der Waals surface area contributed by atoms with Gasteiger partial charge in [0, 0.05) is 24.2 Å². The SMILES string of the molecule is C=CCOc1ccc(C(=O)N2C3CCNCC2CC3)cc1. The number of rotatable bonds is 4. The molecule has 2 aliphatic heterocycles. The minimum absolute atomic E-state index is 0.154. The average molecular weight is 286 g/mol. The van der Waals surface area contributed by atoms with E-state index in [2.05, 4.69) is 16.8 Å². The van der Waals surface area contributed by atoms with Gasteiger partial charge in [0.2, 0.25) is 0 Å². The standard InChI is InChI=1S/C17H22N2O2/c1-2-11-21-16-7-3-13(4-8-16)17(20)19-14-5-6-15(19)12-18-10-9-14/h2-4,7-8,14-15,18H,1,5-6,9-12H2. The lowest BCUT2D eigenvalue weighted by Crippen LogP contribution is -2.42. The summed E-state index contributed by atoms with van der Waals surface area (Å²) < 4.78 is 5.46. The summed E-state index contributed by atoms with van der Waals surface area (Å²) in [5.41, 5.74) is 0.750. The van der Waals surface area contributed by atoms with E-state index >= 15 is 0 Å². The maximum atomic E-state index is 12.8. The van der Waals surface area contributed by atoms with Gasteiger partial charge < -0.3 is 15.0 Å². The van der Waals surface area contributed by atoms with Gasteiger partial charge in [0.1, 0.15) is 12.4 Å². The number of benzene rings is 1. The van der Waals surface area contributed by atoms with Crippen LogP contribution in [0.4, 0.5) is 0 Å². The van der Waals surface area contributed by atoms with E-state index in [-0.39, 0.29) is 5.91 Å². The molecule has 0 saturated carbocycles. The number of hydrogen-bond donors (Lipinski definition) is 1. The van der Waals surface area contributed by atoms with Gasteiger partial charge in [-0.25, -0.2) is 0 Å². The maximum absolute atomic E-state index is 12.8. The molecule has 2 saturated heterocycles. The third-order valence-electron chi connectivity index (χ3n) is 4.36. The van der Waals surface area contributed by atoms with Crippen molar-refractivity contribution in [2.24, 2.45) is 0 Å². The first kappa shape index (κ1) is 14.1. The van der Waals surface area contributed by atoms with Gasteiger partial charge in [0.25, 0.3) is 5.91 Å². The second kappa shape index (κ2) is 6.31. The van der Waals surface area contributed by atoms with Crippen molar-refractivity contribution in [3.63, 3.8) is 0 Å². The van der Waals surface area contributed by atoms with E-state index in [0.717, 1.165) is 43.7 Å². The van der Waals surface area contributed by atoms with E-state index < -0.39 is 0 Å². The van der Waals surface area contributed by atoms with Crippen molar-refractivity contribution in [1.29, 1.82) is 0 Å². The van der Waals surface area contributed by atoms with Crippen molar-refractivity contribution >= 4 is 5.91 Å². The Hall–Kier alpha value is -1.81. The average Bonchev–Trinajstić information content (AvgIpc) is 2.78. The van der Waals surface area contributed by atoms with Crippen LogP contribution in [0.1, 0.15) is 29.6 Å². The molecule has 21 heavy (non-hydrogen) atoms. The Balaban J connectivity index is 1.73. The second-order valence-electron chi connectivity index (χ2n) is 5.71. The zero-order chi connectivity index (χ0) is 14.7. The van der Waals surface area contributed by atoms with E-state index in [1.807, 2.05) is 24.3 Å². The molecule has 2 aliphatic rings. The molecule has 2 heterocycles. The molecule has 2 atom stereocenters. The maximum Gasteiger partial charge on any atom is 0.254 e. The molecule has 2 unspecified atom stereocenters. The Labute approximate surface area is 125 Å². The fourth-order valence-electron chi connectivity index (χ4n) is 3.31. The number of amides is 1. The summed E-state index contributed by atoms with van der Waals surface area (Å²) in [6, 6.07) is 8.18. The van der Waals surface area contributed by atoms with Gasteiger partial charge in [-0.3, -0.25) is 4.79 Å². The van der Waals surface area contributed by atoms with Crippen LogP contribution in [0.15, 0.2) is 36.9 Å². The lowest BCUT2D eigenvalue weighted by molar-refractivity contribution is 0.0680. The van der Waals surface area contributed by atoms with Crippen LogP contribution >= 0.6 is 0 Å². The van der Waals surface area contributed by atoms with Crippen LogP contribution in [0.5, 0.6) is 5.75 Å². The van der Waals surface area contributed by atoms with Crippen LogP contribution in [0.25, 0.3) is 0 Å². The quantitative estimate of drug-likeness (QED) is 0.863. The van der Waals surface area contributed by atoms with Crippen molar-refractivity contribution in [1.82, 2.24) is 10.2 Å². The highest BCUT2D eigenvalue weighted by molar-refractivity contribution is 5.95. The third-order valence-corrected chi connectivity index (χ3v) is 4.36. The summed E-state index contributed by atoms with van der Waals surface area (Å²) in [5.74, 6) is 0.924. The number of carbonyl (C=O) groups is 1. The molecule has 112 valence electrons. The highest BCUT2D eigenvalue weighted by Crippen LogP contribution is 2.29. The number of ether oxygens (including phenoxy) is 1. The number of hydrogen-bond acceptors (Lipinski definition) is 3. The molecule has 1 aromatic rings. The minimum Gasteiger partial charge on any atom is -0.490 e. The first-order valence-corrected chi connectivity index (χ1v) is 7.66. The van der Waals surface area contributed by atoms with Crippen LogP contribution in [-0.4, -0.2) is 42.6 Å². The first-order valence-electron chi connectivity index (χ1n) is 7.66. The summed E-state index contributed by atoms with van der Waals surface area (Å²) in [6.45, 7) is 6.04. The molecule has 2 fully saturated rings. The summed E-state index contributed by atoms with van der Waals surface area (Å²) in [6.07, 6.45) is 5.02. The molecule has 4 nitrogen and oxygen atoms in total. The van der Waals surface area contributed by atoms with Crippen molar-refractivity contribution < 1.29 is 9.53 Å². The van der Waals surface area contributed by atoms with E-state index in [1.165, 1.54) is 0 Å². The van der Waals surface area contributed by atoms with Crippen molar-refractivity contribution in [2.75, 3.05) is 19.7 Å². The molecule has 0 spiro atoms. The third kappa shape index (κ3) is 2.95. The van der Waals surface area contributed by atoms with Gasteiger partial charge >= 0.3 is 0 Å². The van der Waals surface area contributed by atoms with Crippen molar-refractivity contribution in [3.05, 3.63) is 42.5 Å². The molecular weight excluding hydrogens is 264 g/mol. The van der Waals surface area contributed by atoms with E-state index in [1.54, 1.807) is 6.08 Å². The molecule has 1 amide bonds. The molecule has 0 aliphatic carbocycles. The number of nitrogens with one attached hydrogen (secondary N) is 1. The largest absolute Gasteiger partial charge is 0.490 e. The number of fused-ring (bicyclic) bond motifs is 2. The Bertz CT molecular complexity index is 498. The van der Waals surface area contributed by atoms with Gasteiger partial charge in [0.05, 0.1) is 0 Å². The monoisotopic (exact) mass is 286 g/mol. The normalized spacial score (nSPS) is 24.5. The molecule has 1 N–H and O–H groups in total. The molecular formula is C17H22N2O2. The Morgan fingerprint density at radius 1 is 1.29 bits per heavy atom. The molecule has 0 radical (unpaired) electrons. The van der Waals surface area contributed by atoms with E-state index in [9.17, 15) is 4.79 Å². The second-order valence-corrected chi connectivity index (χ2v) is 5.71. The molecule has 4 heteroatoms. The van der Waals surface area contributed by atoms with Crippen LogP contribution in [0, 0.1) is 0 Å². The number of nitrogens with zero attached hydrogens (tertiary/aromatic N) is 1.